The van der Waals surface area contributed by atoms with Crippen LogP contribution in [0.25, 0.3) is 0 Å². The smallest absolute Gasteiger partial charge is 0.337 e. The van der Waals surface area contributed by atoms with Gasteiger partial charge in [-0.15, -0.1) is 0 Å². The van der Waals surface area contributed by atoms with E-state index in [0.717, 1.165) is 51.4 Å². The third-order valence-corrected chi connectivity index (χ3v) is 12.9. The second kappa shape index (κ2) is 13.4. The van der Waals surface area contributed by atoms with Gasteiger partial charge >= 0.3 is 11.9 Å². The first kappa shape index (κ1) is 30.4. The summed E-state index contributed by atoms with van der Waals surface area (Å²) in [6.45, 7) is 8.60. The van der Waals surface area contributed by atoms with E-state index >= 15 is 0 Å². The van der Waals surface area contributed by atoms with Crippen LogP contribution in [0.4, 0.5) is 0 Å². The first-order valence-corrected chi connectivity index (χ1v) is 14.8. The van der Waals surface area contributed by atoms with E-state index in [9.17, 15) is 19.8 Å². The summed E-state index contributed by atoms with van der Waals surface area (Å²) in [6, 6.07) is 0. The van der Waals surface area contributed by atoms with Gasteiger partial charge in [-0.1, -0.05) is 127 Å². The minimum absolute atomic E-state index is 0.0859. The molecule has 0 fully saturated rings. The molecule has 0 aromatic rings. The fourth-order valence-corrected chi connectivity index (χ4v) is 8.78. The number of alkyl halides is 2. The van der Waals surface area contributed by atoms with E-state index in [0.29, 0.717) is 27.7 Å². The first-order chi connectivity index (χ1) is 14.9. The van der Waals surface area contributed by atoms with Crippen LogP contribution < -0.4 is 0 Å². The Labute approximate surface area is 226 Å². The molecule has 0 bridgehead atoms. The lowest BCUT2D eigenvalue weighted by Gasteiger charge is -2.50. The molecule has 184 valence electrons. The van der Waals surface area contributed by atoms with Crippen LogP contribution in [0, 0.1) is 11.8 Å². The average molecular weight is 708 g/mol. The molecule has 0 aromatic heterocycles. The highest BCUT2D eigenvalue weighted by Crippen LogP contribution is 2.62. The molecule has 1 rings (SSSR count). The zero-order chi connectivity index (χ0) is 24.7. The average Bonchev–Trinajstić information content (AvgIpc) is 2.74. The number of carbonyl (C=O) groups is 2. The van der Waals surface area contributed by atoms with Gasteiger partial charge in [0.05, 0.1) is 19.8 Å². The molecule has 0 saturated heterocycles. The largest absolute Gasteiger partial charge is 0.478 e. The number of allylic oxidation sites excluding steroid dienone is 1. The van der Waals surface area contributed by atoms with Crippen LogP contribution in [0.15, 0.2) is 20.1 Å². The van der Waals surface area contributed by atoms with Crippen LogP contribution >= 0.6 is 63.7 Å². The lowest BCUT2D eigenvalue weighted by atomic mass is 9.69. The Kier molecular flexibility index (Phi) is 12.8. The lowest BCUT2D eigenvalue weighted by molar-refractivity contribution is -0.136. The molecule has 2 N–H and O–H groups in total. The van der Waals surface area contributed by atoms with Crippen molar-refractivity contribution in [2.75, 3.05) is 0 Å². The quantitative estimate of drug-likeness (QED) is 0.177. The normalized spacial score (nSPS) is 25.8. The zero-order valence-corrected chi connectivity index (χ0v) is 25.8. The summed E-state index contributed by atoms with van der Waals surface area (Å²) < 4.78 is -0.922. The molecule has 1 aliphatic carbocycles. The molecule has 32 heavy (non-hydrogen) atoms. The van der Waals surface area contributed by atoms with Gasteiger partial charge in [-0.25, -0.2) is 9.59 Å². The number of rotatable bonds is 14. The van der Waals surface area contributed by atoms with Crippen molar-refractivity contribution in [2.24, 2.45) is 11.8 Å². The van der Waals surface area contributed by atoms with E-state index in [-0.39, 0.29) is 17.1 Å². The molecule has 0 aromatic carbocycles. The topological polar surface area (TPSA) is 74.6 Å². The molecule has 0 radical (unpaired) electrons. The maximum atomic E-state index is 12.6. The molecule has 4 unspecified atom stereocenters. The summed E-state index contributed by atoms with van der Waals surface area (Å²) in [5.74, 6) is -1.81. The number of carboxylic acids is 2. The van der Waals surface area contributed by atoms with Crippen molar-refractivity contribution in [2.45, 2.75) is 101 Å². The summed E-state index contributed by atoms with van der Waals surface area (Å²) in [7, 11) is 0. The molecule has 4 nitrogen and oxygen atoms in total. The SMILES string of the molecule is CCCCC(CC)CC1(Br)C(Br)=C(Br)C(C(=O)O)=C(C(=O)O)C1(Br)CC(CC)CCCC. The summed E-state index contributed by atoms with van der Waals surface area (Å²) in [4.78, 5) is 24.8. The number of hydrogen-bond donors (Lipinski definition) is 2. The number of aliphatic carboxylic acids is 2. The van der Waals surface area contributed by atoms with Crippen molar-refractivity contribution in [3.63, 3.8) is 0 Å². The first-order valence-electron chi connectivity index (χ1n) is 11.6. The second-order valence-corrected chi connectivity index (χ2v) is 13.1. The van der Waals surface area contributed by atoms with Crippen molar-refractivity contribution in [3.05, 3.63) is 20.1 Å². The monoisotopic (exact) mass is 704 g/mol. The summed E-state index contributed by atoms with van der Waals surface area (Å²) in [5, 5.41) is 20.3. The summed E-state index contributed by atoms with van der Waals surface area (Å²) in [5.41, 5.74) is -0.277. The van der Waals surface area contributed by atoms with Gasteiger partial charge in [0.25, 0.3) is 0 Å². The summed E-state index contributed by atoms with van der Waals surface area (Å²) in [6.07, 6.45) is 9.47. The third-order valence-electron chi connectivity index (χ3n) is 6.69. The molecule has 8 heteroatoms. The molecule has 4 atom stereocenters. The predicted octanol–water partition coefficient (Wildman–Crippen LogP) is 8.95. The maximum absolute atomic E-state index is 12.6. The van der Waals surface area contributed by atoms with E-state index in [1.807, 2.05) is 0 Å². The van der Waals surface area contributed by atoms with Gasteiger partial charge in [-0.2, -0.15) is 0 Å². The minimum atomic E-state index is -1.25. The van der Waals surface area contributed by atoms with Gasteiger partial charge < -0.3 is 10.2 Å². The number of carboxylic acid groups (broad SMARTS) is 2. The minimum Gasteiger partial charge on any atom is -0.478 e. The van der Waals surface area contributed by atoms with Crippen molar-refractivity contribution < 1.29 is 19.8 Å². The fraction of sp³-hybridized carbons (Fsp3) is 0.750. The van der Waals surface area contributed by atoms with Gasteiger partial charge in [-0.05, 0) is 40.6 Å². The molecule has 0 amide bonds. The van der Waals surface area contributed by atoms with E-state index in [2.05, 4.69) is 91.4 Å². The van der Waals surface area contributed by atoms with E-state index in [4.69, 9.17) is 0 Å². The number of hydrogen-bond acceptors (Lipinski definition) is 2. The van der Waals surface area contributed by atoms with Crippen molar-refractivity contribution in [3.8, 4) is 0 Å². The van der Waals surface area contributed by atoms with Crippen LogP contribution in [0.5, 0.6) is 0 Å². The lowest BCUT2D eigenvalue weighted by Crippen LogP contribution is -2.54. The molecular formula is C24H36Br4O4. The van der Waals surface area contributed by atoms with Gasteiger partial charge in [0.2, 0.25) is 0 Å². The van der Waals surface area contributed by atoms with Crippen LogP contribution in [-0.4, -0.2) is 30.8 Å². The van der Waals surface area contributed by atoms with Gasteiger partial charge in [0, 0.05) is 8.96 Å². The van der Waals surface area contributed by atoms with Crippen LogP contribution in [0.3, 0.4) is 0 Å². The van der Waals surface area contributed by atoms with Gasteiger partial charge in [0.15, 0.2) is 0 Å². The van der Waals surface area contributed by atoms with E-state index in [1.165, 1.54) is 0 Å². The summed E-state index contributed by atoms with van der Waals surface area (Å²) >= 11 is 15.0. The number of unbranched alkanes of at least 4 members (excludes halogenated alkanes) is 2. The van der Waals surface area contributed by atoms with Crippen molar-refractivity contribution in [1.29, 1.82) is 0 Å². The Morgan fingerprint density at radius 2 is 1.25 bits per heavy atom. The molecule has 0 spiro atoms. The zero-order valence-electron chi connectivity index (χ0n) is 19.4. The fourth-order valence-electron chi connectivity index (χ4n) is 4.64. The Hall–Kier alpha value is 0.340. The Bertz CT molecular complexity index is 748. The molecular weight excluding hydrogens is 672 g/mol. The highest BCUT2D eigenvalue weighted by Gasteiger charge is 2.60. The predicted molar refractivity (Wildman–Crippen MR) is 146 cm³/mol. The number of halogens is 4. The van der Waals surface area contributed by atoms with Gasteiger partial charge in [0.1, 0.15) is 0 Å². The third kappa shape index (κ3) is 6.51. The van der Waals surface area contributed by atoms with E-state index in [1.54, 1.807) is 0 Å². The molecule has 1 aliphatic rings. The van der Waals surface area contributed by atoms with E-state index < -0.39 is 20.6 Å². The van der Waals surface area contributed by atoms with Crippen LogP contribution in [0.2, 0.25) is 0 Å². The molecule has 0 saturated carbocycles. The molecule has 0 aliphatic heterocycles. The highest BCUT2D eigenvalue weighted by molar-refractivity contribution is 9.16. The Morgan fingerprint density at radius 1 is 0.812 bits per heavy atom. The Balaban J connectivity index is 3.76. The van der Waals surface area contributed by atoms with Crippen LogP contribution in [0.1, 0.15) is 91.9 Å². The Morgan fingerprint density at radius 3 is 1.59 bits per heavy atom. The maximum Gasteiger partial charge on any atom is 0.337 e. The van der Waals surface area contributed by atoms with Crippen molar-refractivity contribution in [1.82, 2.24) is 0 Å². The standard InChI is InChI=1S/C24H36Br4O4/c1-5-9-11-15(7-3)13-23(27)18(22(31)32)17(21(29)30)19(25)20(26)24(23,28)14-16(8-4)12-10-6-2/h15-16H,5-14H2,1-4H3,(H,29,30)(H,31,32). The second-order valence-electron chi connectivity index (χ2n) is 8.83. The van der Waals surface area contributed by atoms with Crippen molar-refractivity contribution >= 4 is 75.7 Å². The van der Waals surface area contributed by atoms with Crippen LogP contribution in [-0.2, 0) is 9.59 Å². The highest BCUT2D eigenvalue weighted by atomic mass is 79.9. The van der Waals surface area contributed by atoms with Gasteiger partial charge in [-0.3, -0.25) is 0 Å². The molecule has 0 heterocycles.